The third-order valence-corrected chi connectivity index (χ3v) is 11.5. The van der Waals surface area contributed by atoms with Crippen molar-refractivity contribution in [1.29, 1.82) is 0 Å². The number of carbonyl (C=O) groups excluding carboxylic acids is 1. The van der Waals surface area contributed by atoms with Gasteiger partial charge in [0.2, 0.25) is 0 Å². The van der Waals surface area contributed by atoms with Crippen LogP contribution in [0.3, 0.4) is 0 Å². The molecule has 0 aromatic heterocycles. The van der Waals surface area contributed by atoms with Gasteiger partial charge in [-0.2, -0.15) is 0 Å². The highest BCUT2D eigenvalue weighted by Crippen LogP contribution is 2.48. The predicted octanol–water partition coefficient (Wildman–Crippen LogP) is 5.41. The summed E-state index contributed by atoms with van der Waals surface area (Å²) in [6.07, 6.45) is 0.190. The third-order valence-electron chi connectivity index (χ3n) is 6.98. The first-order chi connectivity index (χ1) is 13.8. The minimum Gasteiger partial charge on any atom is -0.411 e. The van der Waals surface area contributed by atoms with E-state index in [0.29, 0.717) is 19.4 Å². The van der Waals surface area contributed by atoms with Gasteiger partial charge in [0, 0.05) is 18.4 Å². The third kappa shape index (κ3) is 4.73. The van der Waals surface area contributed by atoms with Crippen molar-refractivity contribution in [2.24, 2.45) is 0 Å². The van der Waals surface area contributed by atoms with E-state index in [4.69, 9.17) is 18.6 Å². The standard InChI is InChI=1S/C24H38O5Si/c1-17(25)15-23(5)20(28-30(7,8)22(2,3)4)14-19-24(6,29-23)16-26-21(27-19)18-12-10-9-11-13-18/h9-13,19-21H,14-16H2,1-8H3/t19-,20-,21+,23-,24+/m0/s1. The van der Waals surface area contributed by atoms with E-state index in [0.717, 1.165) is 5.56 Å². The molecule has 1 aromatic carbocycles. The molecule has 2 heterocycles. The molecule has 3 rings (SSSR count). The molecule has 30 heavy (non-hydrogen) atoms. The lowest BCUT2D eigenvalue weighted by Gasteiger charge is -2.57. The monoisotopic (exact) mass is 434 g/mol. The average molecular weight is 435 g/mol. The maximum atomic E-state index is 12.1. The van der Waals surface area contributed by atoms with Crippen LogP contribution in [-0.2, 0) is 23.4 Å². The van der Waals surface area contributed by atoms with Gasteiger partial charge in [0.25, 0.3) is 0 Å². The maximum Gasteiger partial charge on any atom is 0.192 e. The summed E-state index contributed by atoms with van der Waals surface area (Å²) in [5.74, 6) is 0.100. The highest BCUT2D eigenvalue weighted by molar-refractivity contribution is 6.74. The van der Waals surface area contributed by atoms with Gasteiger partial charge in [-0.3, -0.25) is 4.79 Å². The summed E-state index contributed by atoms with van der Waals surface area (Å²) in [4.78, 5) is 12.1. The number of ketones is 1. The molecule has 1 aromatic rings. The molecule has 0 N–H and O–H groups in total. The predicted molar refractivity (Wildman–Crippen MR) is 120 cm³/mol. The molecule has 5 nitrogen and oxygen atoms in total. The SMILES string of the molecule is CC(=O)C[C@]1(C)O[C@]2(C)CO[C@@H](c3ccccc3)O[C@H]2C[C@@H]1O[Si](C)(C)C(C)(C)C. The molecular formula is C24H38O5Si. The fraction of sp³-hybridized carbons (Fsp3) is 0.708. The lowest BCUT2D eigenvalue weighted by Crippen LogP contribution is -2.67. The molecule has 0 radical (unpaired) electrons. The number of ether oxygens (including phenoxy) is 3. The van der Waals surface area contributed by atoms with Crippen LogP contribution in [0.4, 0.5) is 0 Å². The highest BCUT2D eigenvalue weighted by Gasteiger charge is 2.57. The molecular weight excluding hydrogens is 396 g/mol. The van der Waals surface area contributed by atoms with Crippen LogP contribution in [0, 0.1) is 0 Å². The molecule has 2 fully saturated rings. The molecule has 0 amide bonds. The van der Waals surface area contributed by atoms with Gasteiger partial charge in [0.05, 0.1) is 24.4 Å². The first kappa shape index (κ1) is 23.6. The van der Waals surface area contributed by atoms with Gasteiger partial charge < -0.3 is 18.6 Å². The van der Waals surface area contributed by atoms with E-state index >= 15 is 0 Å². The molecule has 168 valence electrons. The van der Waals surface area contributed by atoms with Crippen LogP contribution in [0.25, 0.3) is 0 Å². The van der Waals surface area contributed by atoms with Crippen molar-refractivity contribution < 1.29 is 23.4 Å². The minimum atomic E-state index is -2.07. The summed E-state index contributed by atoms with van der Waals surface area (Å²) in [5.41, 5.74) is -0.333. The smallest absolute Gasteiger partial charge is 0.192 e. The highest BCUT2D eigenvalue weighted by atomic mass is 28.4. The van der Waals surface area contributed by atoms with E-state index in [-0.39, 0.29) is 23.0 Å². The molecule has 0 spiro atoms. The van der Waals surface area contributed by atoms with E-state index < -0.39 is 25.8 Å². The second-order valence-corrected chi connectivity index (χ2v) is 15.6. The van der Waals surface area contributed by atoms with E-state index in [1.165, 1.54) is 0 Å². The zero-order chi connectivity index (χ0) is 22.4. The normalized spacial score (nSPS) is 35.0. The maximum absolute atomic E-state index is 12.1. The van der Waals surface area contributed by atoms with E-state index in [2.05, 4.69) is 33.9 Å². The molecule has 2 aliphatic heterocycles. The molecule has 2 aliphatic rings. The number of Topliss-reactive ketones (excluding diaryl/α,β-unsaturated/α-hetero) is 1. The van der Waals surface area contributed by atoms with Gasteiger partial charge in [-0.05, 0) is 38.9 Å². The van der Waals surface area contributed by atoms with Gasteiger partial charge in [0.15, 0.2) is 14.6 Å². The molecule has 2 saturated heterocycles. The molecule has 0 aliphatic carbocycles. The van der Waals surface area contributed by atoms with Gasteiger partial charge in [-0.1, -0.05) is 51.1 Å². The largest absolute Gasteiger partial charge is 0.411 e. The van der Waals surface area contributed by atoms with Gasteiger partial charge in [-0.25, -0.2) is 0 Å². The van der Waals surface area contributed by atoms with Gasteiger partial charge >= 0.3 is 0 Å². The van der Waals surface area contributed by atoms with Crippen LogP contribution >= 0.6 is 0 Å². The molecule has 5 atom stereocenters. The summed E-state index contributed by atoms with van der Waals surface area (Å²) >= 11 is 0. The summed E-state index contributed by atoms with van der Waals surface area (Å²) in [6.45, 7) is 17.2. The van der Waals surface area contributed by atoms with Crippen LogP contribution < -0.4 is 0 Å². The van der Waals surface area contributed by atoms with Crippen molar-refractivity contribution in [1.82, 2.24) is 0 Å². The van der Waals surface area contributed by atoms with Gasteiger partial charge in [-0.15, -0.1) is 0 Å². The zero-order valence-electron chi connectivity index (χ0n) is 19.8. The fourth-order valence-electron chi connectivity index (χ4n) is 4.24. The first-order valence-electron chi connectivity index (χ1n) is 11.0. The summed E-state index contributed by atoms with van der Waals surface area (Å²) in [7, 11) is -2.07. The minimum absolute atomic E-state index is 0.0635. The van der Waals surface area contributed by atoms with Crippen molar-refractivity contribution in [2.75, 3.05) is 6.61 Å². The van der Waals surface area contributed by atoms with Crippen molar-refractivity contribution in [2.45, 2.75) is 102 Å². The Morgan fingerprint density at radius 3 is 2.40 bits per heavy atom. The van der Waals surface area contributed by atoms with Crippen molar-refractivity contribution >= 4 is 14.1 Å². The Kier molecular flexibility index (Phi) is 6.40. The number of hydrogen-bond acceptors (Lipinski definition) is 5. The number of carbonyl (C=O) groups is 1. The fourth-order valence-corrected chi connectivity index (χ4v) is 5.65. The number of fused-ring (bicyclic) bond motifs is 1. The Balaban J connectivity index is 1.88. The number of rotatable bonds is 5. The van der Waals surface area contributed by atoms with Crippen LogP contribution in [0.1, 0.15) is 66.2 Å². The Labute approximate surface area is 182 Å². The number of benzene rings is 1. The van der Waals surface area contributed by atoms with Gasteiger partial charge in [0.1, 0.15) is 11.4 Å². The Hall–Kier alpha value is -1.05. The van der Waals surface area contributed by atoms with Crippen molar-refractivity contribution in [3.05, 3.63) is 35.9 Å². The Morgan fingerprint density at radius 2 is 1.83 bits per heavy atom. The van der Waals surface area contributed by atoms with Crippen LogP contribution in [0.15, 0.2) is 30.3 Å². The van der Waals surface area contributed by atoms with E-state index in [9.17, 15) is 4.79 Å². The topological polar surface area (TPSA) is 54.0 Å². The average Bonchev–Trinajstić information content (AvgIpc) is 2.61. The molecule has 0 bridgehead atoms. The molecule has 0 saturated carbocycles. The quantitative estimate of drug-likeness (QED) is 0.580. The summed E-state index contributed by atoms with van der Waals surface area (Å²) in [6, 6.07) is 9.98. The summed E-state index contributed by atoms with van der Waals surface area (Å²) < 4.78 is 26.0. The molecule has 6 heteroatoms. The van der Waals surface area contributed by atoms with E-state index in [1.54, 1.807) is 6.92 Å². The van der Waals surface area contributed by atoms with Crippen LogP contribution in [0.5, 0.6) is 0 Å². The Bertz CT molecular complexity index is 759. The van der Waals surface area contributed by atoms with Crippen molar-refractivity contribution in [3.63, 3.8) is 0 Å². The van der Waals surface area contributed by atoms with Crippen LogP contribution in [0.2, 0.25) is 18.1 Å². The lowest BCUT2D eigenvalue weighted by atomic mass is 9.80. The summed E-state index contributed by atoms with van der Waals surface area (Å²) in [5, 5.41) is 0.0635. The first-order valence-corrected chi connectivity index (χ1v) is 13.9. The van der Waals surface area contributed by atoms with Crippen LogP contribution in [-0.4, -0.2) is 44.1 Å². The second kappa shape index (κ2) is 8.13. The second-order valence-electron chi connectivity index (χ2n) is 10.9. The number of hydrogen-bond donors (Lipinski definition) is 0. The lowest BCUT2D eigenvalue weighted by molar-refractivity contribution is -0.354. The Morgan fingerprint density at radius 1 is 1.20 bits per heavy atom. The van der Waals surface area contributed by atoms with Crippen molar-refractivity contribution in [3.8, 4) is 0 Å². The zero-order valence-corrected chi connectivity index (χ0v) is 20.8. The van der Waals surface area contributed by atoms with E-state index in [1.807, 2.05) is 44.2 Å². The molecule has 0 unspecified atom stereocenters.